The van der Waals surface area contributed by atoms with Gasteiger partial charge in [0.05, 0.1) is 0 Å². The number of hydrogen-bond donors (Lipinski definition) is 0. The fourth-order valence-electron chi connectivity index (χ4n) is 1.38. The summed E-state index contributed by atoms with van der Waals surface area (Å²) in [6.07, 6.45) is 0. The fraction of sp³-hybridized carbons (Fsp3) is 0.857. The van der Waals surface area contributed by atoms with Crippen LogP contribution >= 0.6 is 11.6 Å². The molecule has 0 aromatic carbocycles. The molecule has 52 valence electrons. The lowest BCUT2D eigenvalue weighted by molar-refractivity contribution is -0.113. The van der Waals surface area contributed by atoms with Gasteiger partial charge >= 0.3 is 0 Å². The number of carbonyl (C=O) groups is 1. The van der Waals surface area contributed by atoms with Crippen LogP contribution in [0.1, 0.15) is 20.8 Å². The van der Waals surface area contributed by atoms with Crippen LogP contribution in [0.5, 0.6) is 0 Å². The molecule has 0 amide bonds. The molecule has 1 nitrogen and oxygen atoms in total. The summed E-state index contributed by atoms with van der Waals surface area (Å²) >= 11 is 5.32. The van der Waals surface area contributed by atoms with Gasteiger partial charge in [-0.15, -0.1) is 0 Å². The van der Waals surface area contributed by atoms with Gasteiger partial charge in [0.2, 0.25) is 5.24 Å². The minimum atomic E-state index is -0.174. The Labute approximate surface area is 60.4 Å². The van der Waals surface area contributed by atoms with E-state index in [1.54, 1.807) is 0 Å². The lowest BCUT2D eigenvalue weighted by Crippen LogP contribution is -1.96. The van der Waals surface area contributed by atoms with Gasteiger partial charge in [-0.05, 0) is 22.9 Å². The Bertz CT molecular complexity index is 151. The molecule has 1 aliphatic rings. The molecule has 1 aliphatic carbocycles. The molecule has 0 aromatic rings. The lowest BCUT2D eigenvalue weighted by Gasteiger charge is -1.95. The van der Waals surface area contributed by atoms with Crippen molar-refractivity contribution >= 4 is 16.8 Å². The summed E-state index contributed by atoms with van der Waals surface area (Å²) < 4.78 is 0. The van der Waals surface area contributed by atoms with E-state index in [0.717, 1.165) is 0 Å². The summed E-state index contributed by atoms with van der Waals surface area (Å²) in [6, 6.07) is 0. The molecule has 1 rings (SSSR count). The molecule has 1 saturated carbocycles. The molecule has 1 unspecified atom stereocenters. The summed E-state index contributed by atoms with van der Waals surface area (Å²) in [4.78, 5) is 10.6. The van der Waals surface area contributed by atoms with Gasteiger partial charge in [-0.1, -0.05) is 20.8 Å². The second kappa shape index (κ2) is 1.72. The van der Waals surface area contributed by atoms with Gasteiger partial charge in [-0.3, -0.25) is 4.79 Å². The zero-order chi connectivity index (χ0) is 7.23. The van der Waals surface area contributed by atoms with Gasteiger partial charge in [0.25, 0.3) is 0 Å². The summed E-state index contributed by atoms with van der Waals surface area (Å²) in [5.74, 6) is 0.585. The lowest BCUT2D eigenvalue weighted by atomic mass is 10.1. The van der Waals surface area contributed by atoms with Crippen molar-refractivity contribution < 1.29 is 4.79 Å². The molecule has 0 bridgehead atoms. The first kappa shape index (κ1) is 7.07. The maximum Gasteiger partial charge on any atom is 0.225 e. The second-order valence-electron chi connectivity index (χ2n) is 3.39. The fourth-order valence-corrected chi connectivity index (χ4v) is 1.85. The molecule has 0 heterocycles. The minimum absolute atomic E-state index is 0.110. The van der Waals surface area contributed by atoms with Crippen LogP contribution in [-0.2, 0) is 4.79 Å². The normalized spacial score (nSPS) is 38.2. The number of hydrogen-bond acceptors (Lipinski definition) is 1. The Morgan fingerprint density at radius 3 is 1.89 bits per heavy atom. The monoisotopic (exact) mass is 146 g/mol. The van der Waals surface area contributed by atoms with E-state index >= 15 is 0 Å². The third-order valence-corrected chi connectivity index (χ3v) is 2.85. The first-order valence-electron chi connectivity index (χ1n) is 3.17. The third-order valence-electron chi connectivity index (χ3n) is 2.61. The van der Waals surface area contributed by atoms with Crippen LogP contribution in [0.2, 0.25) is 0 Å². The zero-order valence-corrected chi connectivity index (χ0v) is 6.70. The van der Waals surface area contributed by atoms with Crippen molar-refractivity contribution in [3.05, 3.63) is 0 Å². The van der Waals surface area contributed by atoms with Gasteiger partial charge in [0.1, 0.15) is 0 Å². The first-order valence-corrected chi connectivity index (χ1v) is 3.55. The molecule has 0 saturated heterocycles. The zero-order valence-electron chi connectivity index (χ0n) is 5.94. The third kappa shape index (κ3) is 0.877. The summed E-state index contributed by atoms with van der Waals surface area (Å²) in [5, 5.41) is -0.174. The van der Waals surface area contributed by atoms with E-state index < -0.39 is 0 Å². The maximum atomic E-state index is 10.6. The van der Waals surface area contributed by atoms with Crippen LogP contribution in [0.25, 0.3) is 0 Å². The van der Waals surface area contributed by atoms with Crippen LogP contribution < -0.4 is 0 Å². The predicted octanol–water partition coefficient (Wildman–Crippen LogP) is 2.04. The standard InChI is InChI=1S/C7H11ClO/c1-4-5(6(8)9)7(4,2)3/h4-5H,1-3H3/t4-,5?/m1/s1. The number of rotatable bonds is 1. The molecular formula is C7H11ClO. The van der Waals surface area contributed by atoms with Crippen LogP contribution in [-0.4, -0.2) is 5.24 Å². The van der Waals surface area contributed by atoms with Gasteiger partial charge in [0.15, 0.2) is 0 Å². The van der Waals surface area contributed by atoms with Crippen molar-refractivity contribution in [1.82, 2.24) is 0 Å². The highest BCUT2D eigenvalue weighted by atomic mass is 35.5. The molecule has 0 aliphatic heterocycles. The van der Waals surface area contributed by atoms with Crippen LogP contribution in [0.4, 0.5) is 0 Å². The van der Waals surface area contributed by atoms with Crippen molar-refractivity contribution in [1.29, 1.82) is 0 Å². The summed E-state index contributed by atoms with van der Waals surface area (Å²) in [5.41, 5.74) is 0.166. The van der Waals surface area contributed by atoms with Crippen molar-refractivity contribution in [2.24, 2.45) is 17.3 Å². The van der Waals surface area contributed by atoms with Gasteiger partial charge in [-0.25, -0.2) is 0 Å². The van der Waals surface area contributed by atoms with Gasteiger partial charge in [-0.2, -0.15) is 0 Å². The molecule has 0 N–H and O–H groups in total. The first-order chi connectivity index (χ1) is 3.98. The van der Waals surface area contributed by atoms with E-state index in [9.17, 15) is 4.79 Å². The van der Waals surface area contributed by atoms with E-state index in [0.29, 0.717) is 5.92 Å². The Morgan fingerprint density at radius 1 is 1.56 bits per heavy atom. The summed E-state index contributed by atoms with van der Waals surface area (Å²) in [6.45, 7) is 6.20. The Kier molecular flexibility index (Phi) is 1.35. The quantitative estimate of drug-likeness (QED) is 0.518. The van der Waals surface area contributed by atoms with Crippen molar-refractivity contribution in [2.75, 3.05) is 0 Å². The van der Waals surface area contributed by atoms with E-state index in [4.69, 9.17) is 11.6 Å². The molecule has 9 heavy (non-hydrogen) atoms. The molecule has 0 spiro atoms. The molecule has 2 atom stereocenters. The number of halogens is 1. The van der Waals surface area contributed by atoms with E-state index in [1.165, 1.54) is 0 Å². The predicted molar refractivity (Wildman–Crippen MR) is 37.3 cm³/mol. The Balaban J connectivity index is 2.62. The van der Waals surface area contributed by atoms with Gasteiger partial charge in [0, 0.05) is 5.92 Å². The highest BCUT2D eigenvalue weighted by Gasteiger charge is 2.58. The summed E-state index contributed by atoms with van der Waals surface area (Å²) in [7, 11) is 0. The molecule has 1 fully saturated rings. The highest BCUT2D eigenvalue weighted by Crippen LogP contribution is 2.58. The Hall–Kier alpha value is -0.0400. The van der Waals surface area contributed by atoms with Crippen molar-refractivity contribution in [3.63, 3.8) is 0 Å². The number of carbonyl (C=O) groups excluding carboxylic acids is 1. The van der Waals surface area contributed by atoms with Crippen molar-refractivity contribution in [2.45, 2.75) is 20.8 Å². The van der Waals surface area contributed by atoms with Crippen LogP contribution in [0, 0.1) is 17.3 Å². The average molecular weight is 147 g/mol. The Morgan fingerprint density at radius 2 is 1.89 bits per heavy atom. The van der Waals surface area contributed by atoms with E-state index in [1.807, 2.05) is 0 Å². The average Bonchev–Trinajstić information content (AvgIpc) is 2.07. The van der Waals surface area contributed by atoms with E-state index in [2.05, 4.69) is 20.8 Å². The van der Waals surface area contributed by atoms with Crippen molar-refractivity contribution in [3.8, 4) is 0 Å². The smallest absolute Gasteiger partial charge is 0.225 e. The largest absolute Gasteiger partial charge is 0.281 e. The topological polar surface area (TPSA) is 17.1 Å². The van der Waals surface area contributed by atoms with Crippen LogP contribution in [0.3, 0.4) is 0 Å². The molecule has 2 heteroatoms. The highest BCUT2D eigenvalue weighted by molar-refractivity contribution is 6.64. The molecule has 0 radical (unpaired) electrons. The van der Waals surface area contributed by atoms with Crippen LogP contribution in [0.15, 0.2) is 0 Å². The molecule has 0 aromatic heterocycles. The van der Waals surface area contributed by atoms with Gasteiger partial charge < -0.3 is 0 Å². The molecular weight excluding hydrogens is 136 g/mol. The van der Waals surface area contributed by atoms with E-state index in [-0.39, 0.29) is 16.6 Å². The SMILES string of the molecule is C[C@@H]1C(C(=O)Cl)C1(C)C. The minimum Gasteiger partial charge on any atom is -0.281 e. The second-order valence-corrected chi connectivity index (χ2v) is 3.76. The maximum absolute atomic E-state index is 10.6.